The first-order valence-electron chi connectivity index (χ1n) is 9.20. The van der Waals surface area contributed by atoms with E-state index in [2.05, 4.69) is 15.6 Å². The van der Waals surface area contributed by atoms with Gasteiger partial charge in [0.15, 0.2) is 6.10 Å². The lowest BCUT2D eigenvalue weighted by Crippen LogP contribution is -2.43. The number of hydrogen-bond donors (Lipinski definition) is 2. The molecule has 30 heavy (non-hydrogen) atoms. The zero-order valence-corrected chi connectivity index (χ0v) is 16.8. The number of pyridine rings is 1. The van der Waals surface area contributed by atoms with Crippen molar-refractivity contribution < 1.29 is 23.9 Å². The van der Waals surface area contributed by atoms with Gasteiger partial charge in [-0.15, -0.1) is 0 Å². The first-order chi connectivity index (χ1) is 14.4. The highest BCUT2D eigenvalue weighted by Crippen LogP contribution is 2.27. The molecule has 3 rings (SSSR count). The minimum absolute atomic E-state index is 0.269. The smallest absolute Gasteiger partial charge is 0.339 e. The fourth-order valence-corrected chi connectivity index (χ4v) is 2.81. The molecule has 1 aromatic heterocycles. The lowest BCUT2D eigenvalue weighted by Gasteiger charge is -2.14. The normalized spacial score (nSPS) is 11.4. The minimum atomic E-state index is -1.16. The number of carbonyl (C=O) groups is 3. The number of nitrogens with zero attached hydrogens (tertiary/aromatic N) is 1. The van der Waals surface area contributed by atoms with E-state index in [9.17, 15) is 14.4 Å². The van der Waals surface area contributed by atoms with Crippen LogP contribution in [-0.2, 0) is 9.53 Å². The van der Waals surface area contributed by atoms with Crippen LogP contribution in [0.4, 0.5) is 4.79 Å². The molecule has 8 nitrogen and oxygen atoms in total. The standard InChI is InChI=1S/C22H21N3O5/c1-13(20(26)25-22(28)23-2)30-21(27)17-12-19(14-8-10-15(29-3)11-9-14)24-18-7-5-4-6-16(17)18/h4-13H,1-3H3,(H2,23,25,26,28). The summed E-state index contributed by atoms with van der Waals surface area (Å²) < 4.78 is 10.5. The summed E-state index contributed by atoms with van der Waals surface area (Å²) in [5.74, 6) is -0.713. The number of amides is 3. The van der Waals surface area contributed by atoms with Gasteiger partial charge in [0, 0.05) is 18.0 Å². The SMILES string of the molecule is CNC(=O)NC(=O)C(C)OC(=O)c1cc(-c2ccc(OC)cc2)nc2ccccc12. The molecule has 0 saturated carbocycles. The van der Waals surface area contributed by atoms with Gasteiger partial charge in [-0.25, -0.2) is 14.6 Å². The van der Waals surface area contributed by atoms with Crippen molar-refractivity contribution in [2.45, 2.75) is 13.0 Å². The highest BCUT2D eigenvalue weighted by atomic mass is 16.5. The highest BCUT2D eigenvalue weighted by Gasteiger charge is 2.22. The van der Waals surface area contributed by atoms with Crippen LogP contribution in [0.3, 0.4) is 0 Å². The minimum Gasteiger partial charge on any atom is -0.497 e. The Morgan fingerprint density at radius 2 is 1.73 bits per heavy atom. The summed E-state index contributed by atoms with van der Waals surface area (Å²) in [6.45, 7) is 1.39. The van der Waals surface area contributed by atoms with E-state index in [1.807, 2.05) is 18.2 Å². The lowest BCUT2D eigenvalue weighted by atomic mass is 10.0. The third-order valence-corrected chi connectivity index (χ3v) is 4.44. The Morgan fingerprint density at radius 3 is 2.40 bits per heavy atom. The Morgan fingerprint density at radius 1 is 1.03 bits per heavy atom. The third kappa shape index (κ3) is 4.54. The first kappa shape index (κ1) is 20.8. The number of nitrogens with one attached hydrogen (secondary N) is 2. The summed E-state index contributed by atoms with van der Waals surface area (Å²) in [6, 6.07) is 15.4. The lowest BCUT2D eigenvalue weighted by molar-refractivity contribution is -0.127. The molecule has 0 fully saturated rings. The van der Waals surface area contributed by atoms with Gasteiger partial charge in [0.25, 0.3) is 5.91 Å². The van der Waals surface area contributed by atoms with E-state index in [0.717, 1.165) is 5.56 Å². The molecule has 0 bridgehead atoms. The van der Waals surface area contributed by atoms with Gasteiger partial charge in [0.05, 0.1) is 23.9 Å². The molecular weight excluding hydrogens is 386 g/mol. The van der Waals surface area contributed by atoms with E-state index < -0.39 is 24.0 Å². The number of carbonyl (C=O) groups excluding carboxylic acids is 3. The number of urea groups is 1. The summed E-state index contributed by atoms with van der Waals surface area (Å²) in [7, 11) is 2.96. The number of ether oxygens (including phenoxy) is 2. The fourth-order valence-electron chi connectivity index (χ4n) is 2.81. The van der Waals surface area contributed by atoms with Crippen LogP contribution in [0, 0.1) is 0 Å². The average molecular weight is 407 g/mol. The Hall–Kier alpha value is -3.94. The summed E-state index contributed by atoms with van der Waals surface area (Å²) >= 11 is 0. The topological polar surface area (TPSA) is 107 Å². The Kier molecular flexibility index (Phi) is 6.26. The maximum Gasteiger partial charge on any atom is 0.339 e. The number of aromatic nitrogens is 1. The van der Waals surface area contributed by atoms with Gasteiger partial charge in [-0.2, -0.15) is 0 Å². The van der Waals surface area contributed by atoms with Crippen LogP contribution in [0.25, 0.3) is 22.2 Å². The van der Waals surface area contributed by atoms with Gasteiger partial charge in [-0.1, -0.05) is 18.2 Å². The molecule has 3 aromatic rings. The van der Waals surface area contributed by atoms with E-state index >= 15 is 0 Å². The van der Waals surface area contributed by atoms with Crippen LogP contribution in [0.5, 0.6) is 5.75 Å². The fraction of sp³-hybridized carbons (Fsp3) is 0.182. The largest absolute Gasteiger partial charge is 0.497 e. The van der Waals surface area contributed by atoms with Crippen molar-refractivity contribution in [3.8, 4) is 17.0 Å². The Bertz CT molecular complexity index is 1100. The molecule has 0 aliphatic heterocycles. The van der Waals surface area contributed by atoms with Crippen molar-refractivity contribution in [1.82, 2.24) is 15.6 Å². The predicted octanol–water partition coefficient (Wildman–Crippen LogP) is 2.91. The van der Waals surface area contributed by atoms with E-state index in [4.69, 9.17) is 9.47 Å². The zero-order valence-electron chi connectivity index (χ0n) is 16.8. The van der Waals surface area contributed by atoms with Crippen molar-refractivity contribution in [2.75, 3.05) is 14.2 Å². The van der Waals surface area contributed by atoms with Crippen molar-refractivity contribution >= 4 is 28.8 Å². The highest BCUT2D eigenvalue weighted by molar-refractivity contribution is 6.06. The molecule has 3 amide bonds. The van der Waals surface area contributed by atoms with Crippen molar-refractivity contribution in [3.05, 3.63) is 60.2 Å². The van der Waals surface area contributed by atoms with Gasteiger partial charge in [-0.05, 0) is 43.3 Å². The molecule has 1 unspecified atom stereocenters. The van der Waals surface area contributed by atoms with Crippen LogP contribution in [0.2, 0.25) is 0 Å². The average Bonchev–Trinajstić information content (AvgIpc) is 2.78. The quantitative estimate of drug-likeness (QED) is 0.630. The number of esters is 1. The number of methoxy groups -OCH3 is 1. The van der Waals surface area contributed by atoms with Crippen LogP contribution < -0.4 is 15.4 Å². The van der Waals surface area contributed by atoms with E-state index in [1.54, 1.807) is 43.5 Å². The summed E-state index contributed by atoms with van der Waals surface area (Å²) in [4.78, 5) is 40.8. The number of imide groups is 1. The predicted molar refractivity (Wildman–Crippen MR) is 111 cm³/mol. The molecule has 0 spiro atoms. The van der Waals surface area contributed by atoms with Crippen molar-refractivity contribution in [2.24, 2.45) is 0 Å². The number of benzene rings is 2. The van der Waals surface area contributed by atoms with Crippen molar-refractivity contribution in [3.63, 3.8) is 0 Å². The van der Waals surface area contributed by atoms with Crippen LogP contribution in [-0.4, -0.2) is 43.2 Å². The summed E-state index contributed by atoms with van der Waals surface area (Å²) in [6.07, 6.45) is -1.16. The van der Waals surface area contributed by atoms with Crippen LogP contribution in [0.15, 0.2) is 54.6 Å². The second-order valence-corrected chi connectivity index (χ2v) is 6.42. The molecule has 1 heterocycles. The molecule has 0 saturated heterocycles. The number of para-hydroxylation sites is 1. The van der Waals surface area contributed by atoms with E-state index in [0.29, 0.717) is 22.3 Å². The molecule has 0 aliphatic carbocycles. The molecule has 2 aromatic carbocycles. The van der Waals surface area contributed by atoms with Gasteiger partial charge in [0.1, 0.15) is 5.75 Å². The first-order valence-corrected chi connectivity index (χ1v) is 9.20. The molecule has 2 N–H and O–H groups in total. The van der Waals surface area contributed by atoms with Crippen LogP contribution >= 0.6 is 0 Å². The van der Waals surface area contributed by atoms with Gasteiger partial charge >= 0.3 is 12.0 Å². The molecule has 8 heteroatoms. The maximum atomic E-state index is 12.9. The van der Waals surface area contributed by atoms with E-state index in [-0.39, 0.29) is 5.56 Å². The summed E-state index contributed by atoms with van der Waals surface area (Å²) in [5, 5.41) is 4.94. The van der Waals surface area contributed by atoms with Gasteiger partial charge in [-0.3, -0.25) is 10.1 Å². The number of hydrogen-bond acceptors (Lipinski definition) is 6. The molecule has 154 valence electrons. The second-order valence-electron chi connectivity index (χ2n) is 6.42. The monoisotopic (exact) mass is 407 g/mol. The summed E-state index contributed by atoms with van der Waals surface area (Å²) in [5.41, 5.74) is 2.25. The second kappa shape index (κ2) is 9.04. The Balaban J connectivity index is 1.94. The number of rotatable bonds is 5. The molecule has 1 atom stereocenters. The third-order valence-electron chi connectivity index (χ3n) is 4.44. The van der Waals surface area contributed by atoms with Gasteiger partial charge in [0.2, 0.25) is 0 Å². The maximum absolute atomic E-state index is 12.9. The Labute approximate surface area is 173 Å². The molecular formula is C22H21N3O5. The number of fused-ring (bicyclic) bond motifs is 1. The van der Waals surface area contributed by atoms with E-state index in [1.165, 1.54) is 14.0 Å². The van der Waals surface area contributed by atoms with Crippen molar-refractivity contribution in [1.29, 1.82) is 0 Å². The molecule has 0 aliphatic rings. The zero-order chi connectivity index (χ0) is 21.7. The molecule has 0 radical (unpaired) electrons. The van der Waals surface area contributed by atoms with Gasteiger partial charge < -0.3 is 14.8 Å². The van der Waals surface area contributed by atoms with Crippen LogP contribution in [0.1, 0.15) is 17.3 Å².